The highest BCUT2D eigenvalue weighted by molar-refractivity contribution is 5.97. The molecule has 0 aliphatic heterocycles. The van der Waals surface area contributed by atoms with Crippen LogP contribution in [0.1, 0.15) is 24.2 Å². The summed E-state index contributed by atoms with van der Waals surface area (Å²) < 4.78 is 18.4. The molecule has 3 nitrogen and oxygen atoms in total. The number of carbonyl (C=O) groups is 1. The third-order valence-electron chi connectivity index (χ3n) is 1.74. The smallest absolute Gasteiger partial charge is 0.179 e. The van der Waals surface area contributed by atoms with Gasteiger partial charge in [0.25, 0.3) is 0 Å². The lowest BCUT2D eigenvalue weighted by Crippen LogP contribution is -2.02. The van der Waals surface area contributed by atoms with Crippen molar-refractivity contribution in [3.63, 3.8) is 0 Å². The van der Waals surface area contributed by atoms with E-state index in [0.29, 0.717) is 6.61 Å². The van der Waals surface area contributed by atoms with Crippen LogP contribution < -0.4 is 4.74 Å². The second kappa shape index (κ2) is 4.09. The second-order valence-electron chi connectivity index (χ2n) is 2.76. The summed E-state index contributed by atoms with van der Waals surface area (Å²) >= 11 is 0. The maximum Gasteiger partial charge on any atom is 0.179 e. The molecule has 4 heteroatoms. The molecule has 1 N–H and O–H groups in total. The fourth-order valence-electron chi connectivity index (χ4n) is 1.15. The Bertz CT molecular complexity index is 361. The van der Waals surface area contributed by atoms with E-state index in [0.717, 1.165) is 0 Å². The van der Waals surface area contributed by atoms with Gasteiger partial charge in [-0.2, -0.15) is 0 Å². The minimum absolute atomic E-state index is 0.0181. The molecule has 0 radical (unpaired) electrons. The number of halogens is 1. The van der Waals surface area contributed by atoms with Crippen LogP contribution in [-0.2, 0) is 0 Å². The Morgan fingerprint density at radius 1 is 1.57 bits per heavy atom. The molecular weight excluding hydrogens is 187 g/mol. The van der Waals surface area contributed by atoms with Gasteiger partial charge in [0.2, 0.25) is 0 Å². The molecule has 0 spiro atoms. The Morgan fingerprint density at radius 2 is 2.21 bits per heavy atom. The molecule has 0 aliphatic rings. The molecule has 0 saturated heterocycles. The lowest BCUT2D eigenvalue weighted by atomic mass is 10.1. The van der Waals surface area contributed by atoms with Gasteiger partial charge >= 0.3 is 0 Å². The molecule has 0 unspecified atom stereocenters. The number of hydrogen-bond donors (Lipinski definition) is 1. The molecule has 0 fully saturated rings. The topological polar surface area (TPSA) is 46.5 Å². The number of Topliss-reactive ketones (excluding diaryl/α,β-unsaturated/α-hetero) is 1. The van der Waals surface area contributed by atoms with Gasteiger partial charge in [-0.25, -0.2) is 4.39 Å². The molecule has 0 aliphatic carbocycles. The van der Waals surface area contributed by atoms with E-state index in [1.807, 2.05) is 0 Å². The van der Waals surface area contributed by atoms with E-state index < -0.39 is 11.6 Å². The zero-order valence-electron chi connectivity index (χ0n) is 8.00. The van der Waals surface area contributed by atoms with Crippen LogP contribution in [0.3, 0.4) is 0 Å². The first-order chi connectivity index (χ1) is 6.57. The first-order valence-corrected chi connectivity index (χ1v) is 4.23. The number of phenolic OH excluding ortho intramolecular Hbond substituents is 1. The number of benzene rings is 1. The molecular formula is C10H11FO3. The standard InChI is InChI=1S/C10H11FO3/c1-3-14-8-5-4-7(13)9(6(2)12)10(8)11/h4-5,13H,3H2,1-2H3. The molecule has 76 valence electrons. The van der Waals surface area contributed by atoms with Gasteiger partial charge in [-0.15, -0.1) is 0 Å². The highest BCUT2D eigenvalue weighted by Gasteiger charge is 2.17. The highest BCUT2D eigenvalue weighted by atomic mass is 19.1. The van der Waals surface area contributed by atoms with Crippen molar-refractivity contribution in [3.05, 3.63) is 23.5 Å². The summed E-state index contributed by atoms with van der Waals surface area (Å²) in [5.74, 6) is -1.71. The molecule has 0 bridgehead atoms. The van der Waals surface area contributed by atoms with Crippen molar-refractivity contribution in [2.75, 3.05) is 6.61 Å². The molecule has 1 aromatic rings. The summed E-state index contributed by atoms with van der Waals surface area (Å²) in [5.41, 5.74) is -0.323. The molecule has 1 rings (SSSR count). The number of hydrogen-bond acceptors (Lipinski definition) is 3. The van der Waals surface area contributed by atoms with Crippen LogP contribution in [0.15, 0.2) is 12.1 Å². The van der Waals surface area contributed by atoms with Gasteiger partial charge in [0.05, 0.1) is 12.2 Å². The average molecular weight is 198 g/mol. The van der Waals surface area contributed by atoms with Gasteiger partial charge in [-0.1, -0.05) is 0 Å². The van der Waals surface area contributed by atoms with Crippen LogP contribution >= 0.6 is 0 Å². The van der Waals surface area contributed by atoms with Crippen LogP contribution in [-0.4, -0.2) is 17.5 Å². The summed E-state index contributed by atoms with van der Waals surface area (Å²) in [6, 6.07) is 2.53. The number of carbonyl (C=O) groups excluding carboxylic acids is 1. The molecule has 0 aromatic heterocycles. The maximum absolute atomic E-state index is 13.5. The Kier molecular flexibility index (Phi) is 3.06. The van der Waals surface area contributed by atoms with E-state index in [9.17, 15) is 14.3 Å². The number of ketones is 1. The van der Waals surface area contributed by atoms with Crippen molar-refractivity contribution in [2.24, 2.45) is 0 Å². The summed E-state index contributed by atoms with van der Waals surface area (Å²) in [4.78, 5) is 11.0. The fourth-order valence-corrected chi connectivity index (χ4v) is 1.15. The number of phenols is 1. The number of ether oxygens (including phenoxy) is 1. The van der Waals surface area contributed by atoms with E-state index in [1.54, 1.807) is 6.92 Å². The summed E-state index contributed by atoms with van der Waals surface area (Å²) in [6.45, 7) is 3.20. The van der Waals surface area contributed by atoms with Gasteiger partial charge in [-0.05, 0) is 26.0 Å². The van der Waals surface area contributed by atoms with E-state index in [4.69, 9.17) is 4.74 Å². The van der Waals surface area contributed by atoms with Crippen LogP contribution in [0.4, 0.5) is 4.39 Å². The zero-order valence-corrected chi connectivity index (χ0v) is 8.00. The fraction of sp³-hybridized carbons (Fsp3) is 0.300. The monoisotopic (exact) mass is 198 g/mol. The first kappa shape index (κ1) is 10.5. The van der Waals surface area contributed by atoms with Crippen molar-refractivity contribution < 1.29 is 19.0 Å². The Hall–Kier alpha value is -1.58. The number of rotatable bonds is 3. The SMILES string of the molecule is CCOc1ccc(O)c(C(C)=O)c1F. The average Bonchev–Trinajstić information content (AvgIpc) is 2.10. The van der Waals surface area contributed by atoms with Gasteiger partial charge < -0.3 is 9.84 Å². The van der Waals surface area contributed by atoms with Crippen molar-refractivity contribution >= 4 is 5.78 Å². The molecule has 0 saturated carbocycles. The molecule has 0 atom stereocenters. The van der Waals surface area contributed by atoms with Crippen molar-refractivity contribution in [2.45, 2.75) is 13.8 Å². The molecule has 0 amide bonds. The minimum atomic E-state index is -0.806. The van der Waals surface area contributed by atoms with Gasteiger partial charge in [-0.3, -0.25) is 4.79 Å². The minimum Gasteiger partial charge on any atom is -0.507 e. The Balaban J connectivity index is 3.26. The molecule has 1 aromatic carbocycles. The first-order valence-electron chi connectivity index (χ1n) is 4.23. The second-order valence-corrected chi connectivity index (χ2v) is 2.76. The summed E-state index contributed by atoms with van der Waals surface area (Å²) in [7, 11) is 0. The van der Waals surface area contributed by atoms with Crippen molar-refractivity contribution in [3.8, 4) is 11.5 Å². The van der Waals surface area contributed by atoms with Crippen molar-refractivity contribution in [1.29, 1.82) is 0 Å². The summed E-state index contributed by atoms with van der Waals surface area (Å²) in [6.07, 6.45) is 0. The third-order valence-corrected chi connectivity index (χ3v) is 1.74. The normalized spacial score (nSPS) is 9.93. The van der Waals surface area contributed by atoms with E-state index in [1.165, 1.54) is 19.1 Å². The lowest BCUT2D eigenvalue weighted by molar-refractivity contribution is 0.101. The van der Waals surface area contributed by atoms with Gasteiger partial charge in [0.15, 0.2) is 17.3 Å². The lowest BCUT2D eigenvalue weighted by Gasteiger charge is -2.08. The zero-order chi connectivity index (χ0) is 10.7. The van der Waals surface area contributed by atoms with Crippen molar-refractivity contribution in [1.82, 2.24) is 0 Å². The highest BCUT2D eigenvalue weighted by Crippen LogP contribution is 2.28. The van der Waals surface area contributed by atoms with E-state index >= 15 is 0 Å². The van der Waals surface area contributed by atoms with Crippen LogP contribution in [0.25, 0.3) is 0 Å². The molecule has 14 heavy (non-hydrogen) atoms. The molecule has 0 heterocycles. The summed E-state index contributed by atoms with van der Waals surface area (Å²) in [5, 5.41) is 9.24. The predicted molar refractivity (Wildman–Crippen MR) is 49.2 cm³/mol. The van der Waals surface area contributed by atoms with Gasteiger partial charge in [0.1, 0.15) is 5.75 Å². The van der Waals surface area contributed by atoms with Crippen LogP contribution in [0.5, 0.6) is 11.5 Å². The van der Waals surface area contributed by atoms with Crippen LogP contribution in [0.2, 0.25) is 0 Å². The van der Waals surface area contributed by atoms with Crippen LogP contribution in [0, 0.1) is 5.82 Å². The third kappa shape index (κ3) is 1.84. The predicted octanol–water partition coefficient (Wildman–Crippen LogP) is 2.13. The maximum atomic E-state index is 13.5. The quantitative estimate of drug-likeness (QED) is 0.757. The largest absolute Gasteiger partial charge is 0.507 e. The van der Waals surface area contributed by atoms with E-state index in [2.05, 4.69) is 0 Å². The Labute approximate surface area is 81.1 Å². The van der Waals surface area contributed by atoms with Gasteiger partial charge in [0, 0.05) is 0 Å². The number of aromatic hydroxyl groups is 1. The van der Waals surface area contributed by atoms with E-state index in [-0.39, 0.29) is 17.1 Å². The Morgan fingerprint density at radius 3 is 2.71 bits per heavy atom.